The molecular weight excluding hydrogens is 446 g/mol. The van der Waals surface area contributed by atoms with E-state index in [1.54, 1.807) is 29.3 Å². The van der Waals surface area contributed by atoms with Crippen LogP contribution in [0.3, 0.4) is 0 Å². The minimum Gasteiger partial charge on any atom is -0.459 e. The van der Waals surface area contributed by atoms with E-state index >= 15 is 0 Å². The van der Waals surface area contributed by atoms with Crippen molar-refractivity contribution >= 4 is 17.5 Å². The molecule has 5 rings (SSSR count). The molecule has 3 aromatic rings. The van der Waals surface area contributed by atoms with Gasteiger partial charge in [0.25, 0.3) is 11.5 Å². The lowest BCUT2D eigenvalue weighted by Crippen LogP contribution is -2.53. The van der Waals surface area contributed by atoms with Gasteiger partial charge in [0.15, 0.2) is 5.76 Å². The maximum absolute atomic E-state index is 13.3. The highest BCUT2D eigenvalue weighted by Crippen LogP contribution is 2.24. The first-order valence-corrected chi connectivity index (χ1v) is 12.1. The summed E-state index contributed by atoms with van der Waals surface area (Å²) >= 11 is 0. The van der Waals surface area contributed by atoms with E-state index in [9.17, 15) is 14.4 Å². The van der Waals surface area contributed by atoms with Crippen molar-refractivity contribution in [1.82, 2.24) is 19.6 Å². The molecule has 182 valence electrons. The van der Waals surface area contributed by atoms with Crippen LogP contribution in [-0.2, 0) is 11.3 Å². The Bertz CT molecular complexity index is 1220. The molecule has 2 aliphatic rings. The fourth-order valence-electron chi connectivity index (χ4n) is 4.83. The van der Waals surface area contributed by atoms with Crippen LogP contribution in [0.2, 0.25) is 0 Å². The number of piperazine rings is 1. The molecule has 2 amide bonds. The van der Waals surface area contributed by atoms with E-state index in [1.165, 1.54) is 10.9 Å². The fraction of sp³-hybridized carbons (Fsp3) is 0.385. The number of anilines is 1. The molecule has 0 saturated carbocycles. The second-order valence-electron chi connectivity index (χ2n) is 9.08. The normalized spacial score (nSPS) is 18.5. The molecule has 0 radical (unpaired) electrons. The van der Waals surface area contributed by atoms with Gasteiger partial charge in [0.05, 0.1) is 30.6 Å². The first-order chi connectivity index (χ1) is 17.1. The van der Waals surface area contributed by atoms with E-state index < -0.39 is 0 Å². The standard InChI is InChI=1S/C26H29N5O4/c32-24-16-22(17-27-31(24)18-20-6-2-1-3-7-20)30-10-4-8-21(19-30)25(33)28-11-13-29(14-12-28)26(34)23-9-5-15-35-23/h1-3,5-7,9,15-17,21H,4,8,10-14,18-19H2/t21-/m0/s1. The number of hydrogen-bond acceptors (Lipinski definition) is 6. The van der Waals surface area contributed by atoms with Crippen LogP contribution in [0.1, 0.15) is 29.0 Å². The highest BCUT2D eigenvalue weighted by molar-refractivity contribution is 5.91. The summed E-state index contributed by atoms with van der Waals surface area (Å²) in [6.45, 7) is 3.79. The van der Waals surface area contributed by atoms with Crippen LogP contribution < -0.4 is 10.5 Å². The average molecular weight is 476 g/mol. The summed E-state index contributed by atoms with van der Waals surface area (Å²) in [6.07, 6.45) is 4.90. The van der Waals surface area contributed by atoms with Gasteiger partial charge in [-0.05, 0) is 30.5 Å². The molecule has 0 unspecified atom stereocenters. The summed E-state index contributed by atoms with van der Waals surface area (Å²) in [7, 11) is 0. The number of hydrogen-bond donors (Lipinski definition) is 0. The van der Waals surface area contributed by atoms with Crippen LogP contribution in [0, 0.1) is 5.92 Å². The molecule has 0 N–H and O–H groups in total. The topological polar surface area (TPSA) is 91.9 Å². The van der Waals surface area contributed by atoms with Crippen LogP contribution in [0.5, 0.6) is 0 Å². The van der Waals surface area contributed by atoms with E-state index in [0.717, 1.165) is 30.6 Å². The van der Waals surface area contributed by atoms with Gasteiger partial charge in [0.2, 0.25) is 5.91 Å². The van der Waals surface area contributed by atoms with Crippen molar-refractivity contribution < 1.29 is 14.0 Å². The molecule has 2 saturated heterocycles. The maximum atomic E-state index is 13.3. The number of benzene rings is 1. The Morgan fingerprint density at radius 2 is 1.74 bits per heavy atom. The Morgan fingerprint density at radius 1 is 0.971 bits per heavy atom. The lowest BCUT2D eigenvalue weighted by molar-refractivity contribution is -0.137. The molecule has 2 aromatic heterocycles. The fourth-order valence-corrected chi connectivity index (χ4v) is 4.83. The molecule has 0 bridgehead atoms. The third-order valence-electron chi connectivity index (χ3n) is 6.78. The number of aromatic nitrogens is 2. The van der Waals surface area contributed by atoms with E-state index in [-0.39, 0.29) is 23.3 Å². The third-order valence-corrected chi connectivity index (χ3v) is 6.78. The van der Waals surface area contributed by atoms with Crippen LogP contribution >= 0.6 is 0 Å². The largest absolute Gasteiger partial charge is 0.459 e. The summed E-state index contributed by atoms with van der Waals surface area (Å²) in [6, 6.07) is 14.7. The average Bonchev–Trinajstić information content (AvgIpc) is 3.45. The number of carbonyl (C=O) groups excluding carboxylic acids is 2. The molecular formula is C26H29N5O4. The van der Waals surface area contributed by atoms with Gasteiger partial charge < -0.3 is 19.1 Å². The Kier molecular flexibility index (Phi) is 6.65. The lowest BCUT2D eigenvalue weighted by Gasteiger charge is -2.39. The molecule has 0 spiro atoms. The van der Waals surface area contributed by atoms with E-state index in [0.29, 0.717) is 45.0 Å². The molecule has 9 nitrogen and oxygen atoms in total. The molecule has 2 aliphatic heterocycles. The number of nitrogens with zero attached hydrogens (tertiary/aromatic N) is 5. The number of amides is 2. The van der Waals surface area contributed by atoms with Gasteiger partial charge in [0.1, 0.15) is 0 Å². The molecule has 4 heterocycles. The first-order valence-electron chi connectivity index (χ1n) is 12.1. The SMILES string of the molecule is O=C(c1ccco1)N1CCN(C(=O)[C@H]2CCCN(c3cnn(Cc4ccccc4)c(=O)c3)C2)CC1. The Labute approximate surface area is 203 Å². The number of piperidine rings is 1. The van der Waals surface area contributed by atoms with E-state index in [4.69, 9.17) is 4.42 Å². The van der Waals surface area contributed by atoms with Crippen molar-refractivity contribution in [3.63, 3.8) is 0 Å². The van der Waals surface area contributed by atoms with Crippen LogP contribution in [-0.4, -0.2) is 70.7 Å². The zero-order valence-electron chi connectivity index (χ0n) is 19.6. The van der Waals surface area contributed by atoms with Gasteiger partial charge in [-0.25, -0.2) is 4.68 Å². The molecule has 35 heavy (non-hydrogen) atoms. The second-order valence-corrected chi connectivity index (χ2v) is 9.08. The zero-order valence-corrected chi connectivity index (χ0v) is 19.6. The molecule has 0 aliphatic carbocycles. The van der Waals surface area contributed by atoms with Crippen LogP contribution in [0.4, 0.5) is 5.69 Å². The van der Waals surface area contributed by atoms with Crippen molar-refractivity contribution in [3.8, 4) is 0 Å². The first kappa shape index (κ1) is 22.9. The predicted molar refractivity (Wildman–Crippen MR) is 130 cm³/mol. The highest BCUT2D eigenvalue weighted by Gasteiger charge is 2.32. The van der Waals surface area contributed by atoms with Crippen molar-refractivity contribution in [2.24, 2.45) is 5.92 Å². The maximum Gasteiger partial charge on any atom is 0.289 e. The lowest BCUT2D eigenvalue weighted by atomic mass is 9.96. The van der Waals surface area contributed by atoms with E-state index in [1.807, 2.05) is 35.2 Å². The quantitative estimate of drug-likeness (QED) is 0.561. The Hall–Kier alpha value is -3.88. The predicted octanol–water partition coefficient (Wildman–Crippen LogP) is 2.09. The van der Waals surface area contributed by atoms with Crippen LogP contribution in [0.25, 0.3) is 0 Å². The van der Waals surface area contributed by atoms with Gasteiger partial charge in [-0.15, -0.1) is 0 Å². The van der Waals surface area contributed by atoms with Gasteiger partial charge in [0, 0.05) is 45.3 Å². The summed E-state index contributed by atoms with van der Waals surface area (Å²) < 4.78 is 6.66. The van der Waals surface area contributed by atoms with Gasteiger partial charge in [-0.1, -0.05) is 30.3 Å². The number of rotatable bonds is 5. The van der Waals surface area contributed by atoms with Crippen molar-refractivity contribution in [2.45, 2.75) is 19.4 Å². The van der Waals surface area contributed by atoms with Crippen LogP contribution in [0.15, 0.2) is 70.2 Å². The number of furan rings is 1. The third kappa shape index (κ3) is 5.13. The van der Waals surface area contributed by atoms with Gasteiger partial charge in [-0.2, -0.15) is 5.10 Å². The van der Waals surface area contributed by atoms with E-state index in [2.05, 4.69) is 10.00 Å². The summed E-state index contributed by atoms with van der Waals surface area (Å²) in [5.41, 5.74) is 1.62. The highest BCUT2D eigenvalue weighted by atomic mass is 16.3. The zero-order chi connectivity index (χ0) is 24.2. The van der Waals surface area contributed by atoms with Crippen molar-refractivity contribution in [3.05, 3.63) is 82.7 Å². The second kappa shape index (κ2) is 10.2. The monoisotopic (exact) mass is 475 g/mol. The Balaban J connectivity index is 1.18. The number of carbonyl (C=O) groups is 2. The summed E-state index contributed by atoms with van der Waals surface area (Å²) in [5.74, 6) is 0.167. The van der Waals surface area contributed by atoms with Gasteiger partial charge in [-0.3, -0.25) is 14.4 Å². The molecule has 9 heteroatoms. The molecule has 1 atom stereocenters. The molecule has 1 aromatic carbocycles. The smallest absolute Gasteiger partial charge is 0.289 e. The summed E-state index contributed by atoms with van der Waals surface area (Å²) in [4.78, 5) is 44.1. The Morgan fingerprint density at radius 3 is 2.46 bits per heavy atom. The van der Waals surface area contributed by atoms with Crippen molar-refractivity contribution in [1.29, 1.82) is 0 Å². The van der Waals surface area contributed by atoms with Gasteiger partial charge >= 0.3 is 0 Å². The molecule has 2 fully saturated rings. The minimum absolute atomic E-state index is 0.116. The van der Waals surface area contributed by atoms with Crippen molar-refractivity contribution in [2.75, 3.05) is 44.2 Å². The minimum atomic E-state index is -0.155. The summed E-state index contributed by atoms with van der Waals surface area (Å²) in [5, 5.41) is 4.38.